The van der Waals surface area contributed by atoms with Gasteiger partial charge in [0.1, 0.15) is 5.76 Å². The summed E-state index contributed by atoms with van der Waals surface area (Å²) in [6.45, 7) is 0.964. The number of nitrogens with zero attached hydrogens (tertiary/aromatic N) is 2. The van der Waals surface area contributed by atoms with Crippen LogP contribution >= 0.6 is 0 Å². The number of furan rings is 1. The Labute approximate surface area is 141 Å². The van der Waals surface area contributed by atoms with Gasteiger partial charge in [-0.1, -0.05) is 18.9 Å². The highest BCUT2D eigenvalue weighted by atomic mass is 16.3. The molecule has 1 saturated carbocycles. The van der Waals surface area contributed by atoms with Crippen LogP contribution in [0.1, 0.15) is 37.0 Å². The summed E-state index contributed by atoms with van der Waals surface area (Å²) in [6.07, 6.45) is 6.34. The first-order valence-electron chi connectivity index (χ1n) is 8.31. The lowest BCUT2D eigenvalue weighted by molar-refractivity contribution is -0.118. The molecule has 1 aliphatic carbocycles. The fourth-order valence-corrected chi connectivity index (χ4v) is 3.24. The molecule has 1 N–H and O–H groups in total. The summed E-state index contributed by atoms with van der Waals surface area (Å²) in [5.41, 5.74) is 1.19. The molecule has 1 amide bonds. The first-order valence-corrected chi connectivity index (χ1v) is 8.31. The molecule has 0 unspecified atom stereocenters. The van der Waals surface area contributed by atoms with E-state index in [1.54, 1.807) is 30.5 Å². The van der Waals surface area contributed by atoms with Gasteiger partial charge in [-0.25, -0.2) is 0 Å². The van der Waals surface area contributed by atoms with Crippen LogP contribution in [0.3, 0.4) is 0 Å². The minimum atomic E-state index is -0.0662. The van der Waals surface area contributed by atoms with Crippen molar-refractivity contribution in [2.45, 2.75) is 38.3 Å². The van der Waals surface area contributed by atoms with Gasteiger partial charge in [0.05, 0.1) is 31.0 Å². The summed E-state index contributed by atoms with van der Waals surface area (Å²) in [7, 11) is 0. The van der Waals surface area contributed by atoms with Crippen LogP contribution in [0, 0.1) is 11.3 Å². The topological polar surface area (TPSA) is 69.3 Å². The van der Waals surface area contributed by atoms with E-state index < -0.39 is 0 Å². The molecule has 3 rings (SSSR count). The smallest absolute Gasteiger partial charge is 0.238 e. The summed E-state index contributed by atoms with van der Waals surface area (Å²) in [5.74, 6) is 0.810. The molecule has 5 nitrogen and oxygen atoms in total. The van der Waals surface area contributed by atoms with E-state index in [0.717, 1.165) is 18.6 Å². The third kappa shape index (κ3) is 4.24. The van der Waals surface area contributed by atoms with E-state index in [2.05, 4.69) is 16.3 Å². The number of rotatable bonds is 6. The molecule has 1 fully saturated rings. The van der Waals surface area contributed by atoms with Crippen LogP contribution in [0.15, 0.2) is 47.1 Å². The van der Waals surface area contributed by atoms with Crippen LogP contribution in [0.5, 0.6) is 0 Å². The zero-order chi connectivity index (χ0) is 16.8. The molecule has 124 valence electrons. The maximum Gasteiger partial charge on any atom is 0.238 e. The van der Waals surface area contributed by atoms with Crippen LogP contribution in [-0.4, -0.2) is 23.4 Å². The van der Waals surface area contributed by atoms with Gasteiger partial charge in [-0.05, 0) is 43.2 Å². The van der Waals surface area contributed by atoms with Crippen LogP contribution in [0.4, 0.5) is 5.69 Å². The van der Waals surface area contributed by atoms with E-state index in [-0.39, 0.29) is 5.91 Å². The lowest BCUT2D eigenvalue weighted by atomic mass is 10.2. The molecule has 0 radical (unpaired) electrons. The number of nitriles is 1. The summed E-state index contributed by atoms with van der Waals surface area (Å²) >= 11 is 0. The molecule has 1 aromatic heterocycles. The quantitative estimate of drug-likeness (QED) is 0.883. The van der Waals surface area contributed by atoms with Gasteiger partial charge in [-0.15, -0.1) is 0 Å². The Morgan fingerprint density at radius 2 is 2.12 bits per heavy atom. The number of nitrogens with one attached hydrogen (secondary N) is 1. The van der Waals surface area contributed by atoms with Crippen molar-refractivity contribution in [1.29, 1.82) is 5.26 Å². The number of hydrogen-bond donors (Lipinski definition) is 1. The van der Waals surface area contributed by atoms with E-state index in [4.69, 9.17) is 9.68 Å². The highest BCUT2D eigenvalue weighted by Gasteiger charge is 2.25. The zero-order valence-corrected chi connectivity index (χ0v) is 13.6. The third-order valence-corrected chi connectivity index (χ3v) is 4.40. The SMILES string of the molecule is N#Cc1cccc(NC(=O)CN(Cc2ccco2)C2CCCC2)c1. The molecule has 5 heteroatoms. The number of hydrogen-bond acceptors (Lipinski definition) is 4. The summed E-state index contributed by atoms with van der Waals surface area (Å²) in [6, 6.07) is 13.3. The summed E-state index contributed by atoms with van der Waals surface area (Å²) in [5, 5.41) is 11.8. The van der Waals surface area contributed by atoms with Crippen LogP contribution in [-0.2, 0) is 11.3 Å². The van der Waals surface area contributed by atoms with Crippen molar-refractivity contribution in [1.82, 2.24) is 4.90 Å². The fourth-order valence-electron chi connectivity index (χ4n) is 3.24. The molecular weight excluding hydrogens is 302 g/mol. The Balaban J connectivity index is 1.64. The Morgan fingerprint density at radius 1 is 1.29 bits per heavy atom. The average Bonchev–Trinajstić information content (AvgIpc) is 3.28. The molecule has 0 aliphatic heterocycles. The van der Waals surface area contributed by atoms with E-state index in [0.29, 0.717) is 30.4 Å². The predicted molar refractivity (Wildman–Crippen MR) is 91.2 cm³/mol. The standard InChI is InChI=1S/C19H21N3O2/c20-12-15-5-3-6-16(11-15)21-19(23)14-22(17-7-1-2-8-17)13-18-9-4-10-24-18/h3-6,9-11,17H,1-2,7-8,13-14H2,(H,21,23). The van der Waals surface area contributed by atoms with E-state index in [1.807, 2.05) is 12.1 Å². The second-order valence-electron chi connectivity index (χ2n) is 6.16. The van der Waals surface area contributed by atoms with Crippen molar-refractivity contribution < 1.29 is 9.21 Å². The lowest BCUT2D eigenvalue weighted by Gasteiger charge is -2.27. The minimum Gasteiger partial charge on any atom is -0.468 e. The second kappa shape index (κ2) is 7.80. The fraction of sp³-hybridized carbons (Fsp3) is 0.368. The number of benzene rings is 1. The van der Waals surface area contributed by atoms with Crippen LogP contribution in [0.25, 0.3) is 0 Å². The number of carbonyl (C=O) groups excluding carboxylic acids is 1. The second-order valence-corrected chi connectivity index (χ2v) is 6.16. The Hall–Kier alpha value is -2.58. The van der Waals surface area contributed by atoms with Gasteiger partial charge in [0.15, 0.2) is 0 Å². The first kappa shape index (κ1) is 16.3. The van der Waals surface area contributed by atoms with Crippen molar-refractivity contribution in [2.75, 3.05) is 11.9 Å². The van der Waals surface area contributed by atoms with E-state index >= 15 is 0 Å². The van der Waals surface area contributed by atoms with Gasteiger partial charge in [-0.3, -0.25) is 9.69 Å². The molecule has 0 spiro atoms. The van der Waals surface area contributed by atoms with Crippen molar-refractivity contribution in [2.24, 2.45) is 0 Å². The predicted octanol–water partition coefficient (Wildman–Crippen LogP) is 3.53. The van der Waals surface area contributed by atoms with Gasteiger partial charge in [-0.2, -0.15) is 5.26 Å². The molecule has 0 bridgehead atoms. The maximum atomic E-state index is 12.4. The average molecular weight is 323 g/mol. The Kier molecular flexibility index (Phi) is 5.29. The van der Waals surface area contributed by atoms with Gasteiger partial charge < -0.3 is 9.73 Å². The monoisotopic (exact) mass is 323 g/mol. The molecular formula is C19H21N3O2. The van der Waals surface area contributed by atoms with Crippen molar-refractivity contribution >= 4 is 11.6 Å². The van der Waals surface area contributed by atoms with Crippen molar-refractivity contribution in [3.05, 3.63) is 54.0 Å². The van der Waals surface area contributed by atoms with E-state index in [1.165, 1.54) is 12.8 Å². The molecule has 1 aromatic carbocycles. The molecule has 24 heavy (non-hydrogen) atoms. The number of anilines is 1. The molecule has 1 aliphatic rings. The number of amides is 1. The molecule has 0 atom stereocenters. The minimum absolute atomic E-state index is 0.0662. The van der Waals surface area contributed by atoms with Gasteiger partial charge in [0.25, 0.3) is 0 Å². The molecule has 2 aromatic rings. The number of carbonyl (C=O) groups is 1. The highest BCUT2D eigenvalue weighted by molar-refractivity contribution is 5.92. The lowest BCUT2D eigenvalue weighted by Crippen LogP contribution is -2.39. The maximum absolute atomic E-state index is 12.4. The van der Waals surface area contributed by atoms with Gasteiger partial charge >= 0.3 is 0 Å². The van der Waals surface area contributed by atoms with E-state index in [9.17, 15) is 4.79 Å². The zero-order valence-electron chi connectivity index (χ0n) is 13.6. The van der Waals surface area contributed by atoms with Gasteiger partial charge in [0.2, 0.25) is 5.91 Å². The Bertz CT molecular complexity index is 712. The normalized spacial score (nSPS) is 14.7. The van der Waals surface area contributed by atoms with Crippen molar-refractivity contribution in [3.8, 4) is 6.07 Å². The van der Waals surface area contributed by atoms with Gasteiger partial charge in [0, 0.05) is 11.7 Å². The van der Waals surface area contributed by atoms with Crippen molar-refractivity contribution in [3.63, 3.8) is 0 Å². The van der Waals surface area contributed by atoms with Crippen LogP contribution in [0.2, 0.25) is 0 Å². The summed E-state index contributed by atoms with van der Waals surface area (Å²) in [4.78, 5) is 14.6. The first-order chi connectivity index (χ1) is 11.7. The third-order valence-electron chi connectivity index (χ3n) is 4.40. The summed E-state index contributed by atoms with van der Waals surface area (Å²) < 4.78 is 5.44. The van der Waals surface area contributed by atoms with Crippen LogP contribution < -0.4 is 5.32 Å². The highest BCUT2D eigenvalue weighted by Crippen LogP contribution is 2.25. The Morgan fingerprint density at radius 3 is 2.83 bits per heavy atom. The largest absolute Gasteiger partial charge is 0.468 e. The molecule has 1 heterocycles. The molecule has 0 saturated heterocycles.